The lowest BCUT2D eigenvalue weighted by molar-refractivity contribution is -0.141. The first-order valence-electron chi connectivity index (χ1n) is 6.61. The van der Waals surface area contributed by atoms with Crippen molar-refractivity contribution in [2.75, 3.05) is 19.7 Å². The van der Waals surface area contributed by atoms with Crippen molar-refractivity contribution in [3.05, 3.63) is 0 Å². The fraction of sp³-hybridized carbons (Fsp3) is 0.846. The second-order valence-electron chi connectivity index (χ2n) is 6.36. The molecule has 1 heterocycles. The minimum Gasteiger partial charge on any atom is -0.481 e. The van der Waals surface area contributed by atoms with Gasteiger partial charge in [0.15, 0.2) is 0 Å². The Bertz CT molecular complexity index is 375. The van der Waals surface area contributed by atoms with Crippen molar-refractivity contribution in [1.82, 2.24) is 4.90 Å². The topological polar surface area (TPSA) is 102 Å². The van der Waals surface area contributed by atoms with Crippen molar-refractivity contribution in [3.63, 3.8) is 0 Å². The highest BCUT2D eigenvalue weighted by Gasteiger charge is 2.38. The quantitative estimate of drug-likeness (QED) is 0.797. The van der Waals surface area contributed by atoms with E-state index in [-0.39, 0.29) is 13.0 Å². The first-order chi connectivity index (χ1) is 9.01. The van der Waals surface area contributed by atoms with E-state index in [1.807, 2.05) is 0 Å². The maximum absolute atomic E-state index is 12.0. The molecule has 0 spiro atoms. The summed E-state index contributed by atoms with van der Waals surface area (Å²) in [6.07, 6.45) is -1.18. The van der Waals surface area contributed by atoms with Crippen LogP contribution in [-0.4, -0.2) is 59.0 Å². The molecular formula is C13H24N2O5. The van der Waals surface area contributed by atoms with Crippen LogP contribution >= 0.6 is 0 Å². The number of hydrogen-bond donors (Lipinski definition) is 2. The fourth-order valence-electron chi connectivity index (χ4n) is 1.98. The number of nitrogens with two attached hydrogens (primary N) is 1. The molecule has 1 saturated heterocycles. The highest BCUT2D eigenvalue weighted by molar-refractivity contribution is 5.69. The van der Waals surface area contributed by atoms with Gasteiger partial charge in [0.05, 0.1) is 31.2 Å². The van der Waals surface area contributed by atoms with Gasteiger partial charge in [0.1, 0.15) is 5.60 Å². The van der Waals surface area contributed by atoms with Crippen LogP contribution in [0, 0.1) is 0 Å². The zero-order valence-electron chi connectivity index (χ0n) is 12.5. The molecule has 1 aliphatic heterocycles. The van der Waals surface area contributed by atoms with Crippen molar-refractivity contribution in [1.29, 1.82) is 0 Å². The molecule has 0 aromatic carbocycles. The summed E-state index contributed by atoms with van der Waals surface area (Å²) < 4.78 is 10.8. The highest BCUT2D eigenvalue weighted by Crippen LogP contribution is 2.21. The Hall–Kier alpha value is -1.34. The molecule has 7 nitrogen and oxygen atoms in total. The monoisotopic (exact) mass is 288 g/mol. The van der Waals surface area contributed by atoms with Gasteiger partial charge in [-0.05, 0) is 27.7 Å². The maximum Gasteiger partial charge on any atom is 0.410 e. The van der Waals surface area contributed by atoms with E-state index < -0.39 is 29.3 Å². The molecule has 0 bridgehead atoms. The van der Waals surface area contributed by atoms with E-state index in [1.165, 1.54) is 4.90 Å². The largest absolute Gasteiger partial charge is 0.481 e. The number of aliphatic carboxylic acids is 1. The Morgan fingerprint density at radius 2 is 2.00 bits per heavy atom. The van der Waals surface area contributed by atoms with E-state index in [9.17, 15) is 9.59 Å². The molecule has 0 aromatic heterocycles. The summed E-state index contributed by atoms with van der Waals surface area (Å²) in [5.74, 6) is -0.993. The number of carbonyl (C=O) groups is 2. The Kier molecular flexibility index (Phi) is 4.99. The SMILES string of the molecule is CC(C)(C)OC(=O)N1CCOC(C(C)(N)CC(=O)O)C1. The summed E-state index contributed by atoms with van der Waals surface area (Å²) in [7, 11) is 0. The third-order valence-corrected chi connectivity index (χ3v) is 2.99. The van der Waals surface area contributed by atoms with Gasteiger partial charge in [-0.25, -0.2) is 4.79 Å². The predicted octanol–water partition coefficient (Wildman–Crippen LogP) is 0.814. The Morgan fingerprint density at radius 1 is 1.40 bits per heavy atom. The lowest BCUT2D eigenvalue weighted by atomic mass is 9.91. The lowest BCUT2D eigenvalue weighted by Gasteiger charge is -2.40. The maximum atomic E-state index is 12.0. The van der Waals surface area contributed by atoms with Gasteiger partial charge < -0.3 is 25.2 Å². The Balaban J connectivity index is 2.67. The van der Waals surface area contributed by atoms with Crippen LogP contribution in [0.5, 0.6) is 0 Å². The normalized spacial score (nSPS) is 23.1. The second-order valence-corrected chi connectivity index (χ2v) is 6.36. The van der Waals surface area contributed by atoms with Gasteiger partial charge in [-0.2, -0.15) is 0 Å². The van der Waals surface area contributed by atoms with E-state index in [0.29, 0.717) is 13.2 Å². The number of amides is 1. The third kappa shape index (κ3) is 4.97. The molecule has 3 N–H and O–H groups in total. The van der Waals surface area contributed by atoms with Gasteiger partial charge in [0.25, 0.3) is 0 Å². The average Bonchev–Trinajstić information content (AvgIpc) is 2.25. The Morgan fingerprint density at radius 3 is 2.50 bits per heavy atom. The number of rotatable bonds is 3. The van der Waals surface area contributed by atoms with Gasteiger partial charge in [-0.15, -0.1) is 0 Å². The summed E-state index contributed by atoms with van der Waals surface area (Å²) in [5.41, 5.74) is 4.39. The molecule has 0 aliphatic carbocycles. The molecule has 2 unspecified atom stereocenters. The van der Waals surface area contributed by atoms with Crippen LogP contribution in [0.15, 0.2) is 0 Å². The van der Waals surface area contributed by atoms with Crippen LogP contribution in [-0.2, 0) is 14.3 Å². The average molecular weight is 288 g/mol. The summed E-state index contributed by atoms with van der Waals surface area (Å²) in [6.45, 7) is 7.95. The predicted molar refractivity (Wildman–Crippen MR) is 72.4 cm³/mol. The number of nitrogens with zero attached hydrogens (tertiary/aromatic N) is 1. The van der Waals surface area contributed by atoms with Crippen molar-refractivity contribution < 1.29 is 24.2 Å². The summed E-state index contributed by atoms with van der Waals surface area (Å²) >= 11 is 0. The highest BCUT2D eigenvalue weighted by atomic mass is 16.6. The van der Waals surface area contributed by atoms with Crippen LogP contribution < -0.4 is 5.73 Å². The van der Waals surface area contributed by atoms with Crippen LogP contribution in [0.3, 0.4) is 0 Å². The standard InChI is InChI=1S/C13H24N2O5/c1-12(2,3)20-11(18)15-5-6-19-9(8-15)13(4,14)7-10(16)17/h9H,5-8,14H2,1-4H3,(H,16,17). The molecular weight excluding hydrogens is 264 g/mol. The van der Waals surface area contributed by atoms with Gasteiger partial charge in [-0.3, -0.25) is 4.79 Å². The zero-order valence-corrected chi connectivity index (χ0v) is 12.5. The first-order valence-corrected chi connectivity index (χ1v) is 6.61. The van der Waals surface area contributed by atoms with Gasteiger partial charge >= 0.3 is 12.1 Å². The Labute approximate surface area is 119 Å². The molecule has 0 saturated carbocycles. The fourth-order valence-corrected chi connectivity index (χ4v) is 1.98. The van der Waals surface area contributed by atoms with Crippen LogP contribution in [0.4, 0.5) is 4.79 Å². The molecule has 0 radical (unpaired) electrons. The van der Waals surface area contributed by atoms with Gasteiger partial charge in [0, 0.05) is 6.54 Å². The summed E-state index contributed by atoms with van der Waals surface area (Å²) in [5, 5.41) is 8.87. The van der Waals surface area contributed by atoms with Crippen LogP contribution in [0.1, 0.15) is 34.1 Å². The number of hydrogen-bond acceptors (Lipinski definition) is 5. The summed E-state index contributed by atoms with van der Waals surface area (Å²) in [6, 6.07) is 0. The summed E-state index contributed by atoms with van der Waals surface area (Å²) in [4.78, 5) is 24.3. The molecule has 7 heteroatoms. The van der Waals surface area contributed by atoms with Gasteiger partial charge in [0.2, 0.25) is 0 Å². The molecule has 20 heavy (non-hydrogen) atoms. The van der Waals surface area contributed by atoms with Crippen molar-refractivity contribution in [2.24, 2.45) is 5.73 Å². The van der Waals surface area contributed by atoms with Crippen LogP contribution in [0.2, 0.25) is 0 Å². The van der Waals surface area contributed by atoms with E-state index in [0.717, 1.165) is 0 Å². The van der Waals surface area contributed by atoms with E-state index >= 15 is 0 Å². The molecule has 1 rings (SSSR count). The minimum atomic E-state index is -1.04. The number of ether oxygens (including phenoxy) is 2. The second kappa shape index (κ2) is 5.97. The lowest BCUT2D eigenvalue weighted by Crippen LogP contribution is -2.59. The van der Waals surface area contributed by atoms with E-state index in [4.69, 9.17) is 20.3 Å². The zero-order chi connectivity index (χ0) is 15.6. The molecule has 116 valence electrons. The van der Waals surface area contributed by atoms with E-state index in [2.05, 4.69) is 0 Å². The smallest absolute Gasteiger partial charge is 0.410 e. The van der Waals surface area contributed by atoms with Crippen molar-refractivity contribution >= 4 is 12.1 Å². The molecule has 1 amide bonds. The number of morpholine rings is 1. The van der Waals surface area contributed by atoms with Crippen molar-refractivity contribution in [3.8, 4) is 0 Å². The molecule has 2 atom stereocenters. The minimum absolute atomic E-state index is 0.222. The van der Waals surface area contributed by atoms with Gasteiger partial charge in [-0.1, -0.05) is 0 Å². The number of carbonyl (C=O) groups excluding carboxylic acids is 1. The number of carboxylic acids is 1. The molecule has 1 aliphatic rings. The van der Waals surface area contributed by atoms with E-state index in [1.54, 1.807) is 27.7 Å². The first kappa shape index (κ1) is 16.7. The number of carboxylic acid groups (broad SMARTS) is 1. The van der Waals surface area contributed by atoms with Crippen LogP contribution in [0.25, 0.3) is 0 Å². The molecule has 0 aromatic rings. The van der Waals surface area contributed by atoms with Crippen molar-refractivity contribution in [2.45, 2.75) is 51.4 Å². The molecule has 1 fully saturated rings. The third-order valence-electron chi connectivity index (χ3n) is 2.99.